The van der Waals surface area contributed by atoms with Crippen molar-refractivity contribution < 1.29 is 14.0 Å². The molecule has 0 spiro atoms. The van der Waals surface area contributed by atoms with Gasteiger partial charge in [-0.3, -0.25) is 9.59 Å². The molecule has 2 aromatic heterocycles. The van der Waals surface area contributed by atoms with Gasteiger partial charge in [0.15, 0.2) is 0 Å². The Morgan fingerprint density at radius 2 is 1.79 bits per heavy atom. The van der Waals surface area contributed by atoms with E-state index in [9.17, 15) is 9.59 Å². The van der Waals surface area contributed by atoms with Gasteiger partial charge in [0.2, 0.25) is 11.8 Å². The zero-order valence-electron chi connectivity index (χ0n) is 19.4. The zero-order chi connectivity index (χ0) is 23.9. The Morgan fingerprint density at radius 3 is 2.53 bits per heavy atom. The highest BCUT2D eigenvalue weighted by atomic mass is 16.3. The van der Waals surface area contributed by atoms with Gasteiger partial charge in [-0.1, -0.05) is 61.5 Å². The van der Waals surface area contributed by atoms with E-state index in [2.05, 4.69) is 29.5 Å². The summed E-state index contributed by atoms with van der Waals surface area (Å²) in [5.41, 5.74) is 2.19. The van der Waals surface area contributed by atoms with Gasteiger partial charge in [-0.15, -0.1) is 5.10 Å². The molecule has 0 aliphatic rings. The van der Waals surface area contributed by atoms with Crippen molar-refractivity contribution in [2.75, 3.05) is 6.54 Å². The molecule has 176 valence electrons. The second-order valence-corrected chi connectivity index (χ2v) is 8.62. The van der Waals surface area contributed by atoms with Gasteiger partial charge >= 0.3 is 0 Å². The van der Waals surface area contributed by atoms with Gasteiger partial charge in [-0.25, -0.2) is 4.68 Å². The summed E-state index contributed by atoms with van der Waals surface area (Å²) in [7, 11) is 0. The number of amides is 2. The smallest absolute Gasteiger partial charge is 0.247 e. The third-order valence-corrected chi connectivity index (χ3v) is 5.63. The molecule has 0 fully saturated rings. The molecular formula is C26H29N5O3. The predicted molar refractivity (Wildman–Crippen MR) is 128 cm³/mol. The van der Waals surface area contributed by atoms with Crippen LogP contribution in [0.25, 0.3) is 11.0 Å². The Kier molecular flexibility index (Phi) is 7.37. The van der Waals surface area contributed by atoms with Crippen molar-refractivity contribution in [1.82, 2.24) is 25.2 Å². The van der Waals surface area contributed by atoms with Crippen LogP contribution in [-0.2, 0) is 22.7 Å². The first-order chi connectivity index (χ1) is 16.5. The summed E-state index contributed by atoms with van der Waals surface area (Å²) < 4.78 is 7.10. The van der Waals surface area contributed by atoms with Gasteiger partial charge in [0.25, 0.3) is 0 Å². The van der Waals surface area contributed by atoms with Crippen molar-refractivity contribution >= 4 is 22.8 Å². The van der Waals surface area contributed by atoms with Crippen LogP contribution in [0, 0.1) is 5.92 Å². The van der Waals surface area contributed by atoms with Crippen LogP contribution < -0.4 is 5.32 Å². The van der Waals surface area contributed by atoms with Crippen LogP contribution in [0.5, 0.6) is 0 Å². The summed E-state index contributed by atoms with van der Waals surface area (Å²) >= 11 is 0. The fourth-order valence-corrected chi connectivity index (χ4v) is 3.84. The molecule has 1 N–H and O–H groups in total. The molecule has 4 rings (SSSR count). The highest BCUT2D eigenvalue weighted by Crippen LogP contribution is 2.25. The van der Waals surface area contributed by atoms with E-state index in [0.29, 0.717) is 23.7 Å². The third-order valence-electron chi connectivity index (χ3n) is 5.63. The van der Waals surface area contributed by atoms with Gasteiger partial charge in [0.1, 0.15) is 23.9 Å². The molecule has 0 bridgehead atoms. The van der Waals surface area contributed by atoms with E-state index < -0.39 is 6.04 Å². The molecule has 0 aliphatic carbocycles. The number of aromatic nitrogens is 3. The summed E-state index contributed by atoms with van der Waals surface area (Å²) in [6.07, 6.45) is 2.41. The lowest BCUT2D eigenvalue weighted by atomic mass is 10.0. The number of rotatable bonds is 10. The quantitative estimate of drug-likeness (QED) is 0.388. The highest BCUT2D eigenvalue weighted by molar-refractivity contribution is 5.89. The van der Waals surface area contributed by atoms with E-state index in [1.165, 1.54) is 0 Å². The average molecular weight is 460 g/mol. The topological polar surface area (TPSA) is 93.3 Å². The van der Waals surface area contributed by atoms with Gasteiger partial charge < -0.3 is 14.6 Å². The summed E-state index contributed by atoms with van der Waals surface area (Å²) in [5, 5.41) is 11.3. The molecule has 1 atom stereocenters. The fraction of sp³-hybridized carbons (Fsp3) is 0.308. The molecule has 2 heterocycles. The Bertz CT molecular complexity index is 1220. The lowest BCUT2D eigenvalue weighted by molar-refractivity contribution is -0.142. The third kappa shape index (κ3) is 5.51. The van der Waals surface area contributed by atoms with E-state index in [0.717, 1.165) is 17.5 Å². The molecule has 0 saturated heterocycles. The number of carbonyl (C=O) groups is 2. The molecule has 2 amide bonds. The number of furan rings is 1. The number of fused-ring (bicyclic) bond motifs is 1. The Labute approximate surface area is 198 Å². The monoisotopic (exact) mass is 459 g/mol. The first-order valence-electron chi connectivity index (χ1n) is 11.5. The van der Waals surface area contributed by atoms with Crippen LogP contribution >= 0.6 is 0 Å². The van der Waals surface area contributed by atoms with Crippen LogP contribution in [0.1, 0.15) is 37.6 Å². The lowest BCUT2D eigenvalue weighted by Crippen LogP contribution is -2.45. The first-order valence-corrected chi connectivity index (χ1v) is 11.5. The number of benzene rings is 2. The Hall–Kier alpha value is -3.94. The summed E-state index contributed by atoms with van der Waals surface area (Å²) in [4.78, 5) is 28.7. The number of nitrogens with zero attached hydrogens (tertiary/aromatic N) is 4. The Morgan fingerprint density at radius 1 is 1.03 bits per heavy atom. The van der Waals surface area contributed by atoms with Crippen molar-refractivity contribution in [1.29, 1.82) is 0 Å². The first kappa shape index (κ1) is 23.2. The number of carbonyl (C=O) groups excluding carboxylic acids is 2. The zero-order valence-corrected chi connectivity index (χ0v) is 19.4. The normalized spacial score (nSPS) is 12.1. The molecular weight excluding hydrogens is 430 g/mol. The van der Waals surface area contributed by atoms with Crippen molar-refractivity contribution in [3.63, 3.8) is 0 Å². The largest absolute Gasteiger partial charge is 0.467 e. The van der Waals surface area contributed by atoms with E-state index >= 15 is 0 Å². The van der Waals surface area contributed by atoms with Crippen LogP contribution in [0.15, 0.2) is 77.4 Å². The fourth-order valence-electron chi connectivity index (χ4n) is 3.84. The van der Waals surface area contributed by atoms with Crippen LogP contribution in [0.2, 0.25) is 0 Å². The average Bonchev–Trinajstić information content (AvgIpc) is 3.49. The molecule has 0 unspecified atom stereocenters. The molecule has 0 radical (unpaired) electrons. The molecule has 0 aliphatic heterocycles. The molecule has 4 aromatic rings. The number of para-hydroxylation sites is 1. The van der Waals surface area contributed by atoms with Crippen molar-refractivity contribution in [2.24, 2.45) is 5.92 Å². The predicted octanol–water partition coefficient (Wildman–Crippen LogP) is 3.96. The minimum atomic E-state index is -0.819. The van der Waals surface area contributed by atoms with E-state index in [4.69, 9.17) is 4.42 Å². The minimum absolute atomic E-state index is 0.0518. The van der Waals surface area contributed by atoms with Gasteiger partial charge in [-0.05, 0) is 42.2 Å². The number of hydrogen-bond acceptors (Lipinski definition) is 5. The van der Waals surface area contributed by atoms with E-state index in [1.54, 1.807) is 28.0 Å². The maximum absolute atomic E-state index is 13.7. The standard InChI is InChI=1S/C26H29N5O3/c1-19(2)14-15-27-26(33)25(20-9-4-3-5-10-20)30(17-21-11-8-16-34-21)24(32)18-31-23-13-7-6-12-22(23)28-29-31/h3-13,16,19,25H,14-15,17-18H2,1-2H3,(H,27,33)/t25-/m1/s1. The molecule has 34 heavy (non-hydrogen) atoms. The van der Waals surface area contributed by atoms with E-state index in [1.807, 2.05) is 54.6 Å². The van der Waals surface area contributed by atoms with Gasteiger partial charge in [0.05, 0.1) is 18.3 Å². The molecule has 2 aromatic carbocycles. The van der Waals surface area contributed by atoms with Crippen LogP contribution in [-0.4, -0.2) is 38.3 Å². The maximum atomic E-state index is 13.7. The Balaban J connectivity index is 1.66. The number of nitrogens with one attached hydrogen (secondary N) is 1. The molecule has 8 nitrogen and oxygen atoms in total. The summed E-state index contributed by atoms with van der Waals surface area (Å²) in [6, 6.07) is 19.5. The number of hydrogen-bond donors (Lipinski definition) is 1. The SMILES string of the molecule is CC(C)CCNC(=O)[C@@H](c1ccccc1)N(Cc1ccco1)C(=O)Cn1nnc2ccccc21. The van der Waals surface area contributed by atoms with Crippen molar-refractivity contribution in [2.45, 2.75) is 39.4 Å². The van der Waals surface area contributed by atoms with Gasteiger partial charge in [0, 0.05) is 6.54 Å². The van der Waals surface area contributed by atoms with Crippen LogP contribution in [0.4, 0.5) is 0 Å². The second-order valence-electron chi connectivity index (χ2n) is 8.62. The summed E-state index contributed by atoms with van der Waals surface area (Å²) in [5.74, 6) is 0.555. The highest BCUT2D eigenvalue weighted by Gasteiger charge is 2.32. The minimum Gasteiger partial charge on any atom is -0.467 e. The van der Waals surface area contributed by atoms with Gasteiger partial charge in [-0.2, -0.15) is 0 Å². The van der Waals surface area contributed by atoms with E-state index in [-0.39, 0.29) is 24.9 Å². The molecule has 8 heteroatoms. The van der Waals surface area contributed by atoms with Crippen molar-refractivity contribution in [3.8, 4) is 0 Å². The summed E-state index contributed by atoms with van der Waals surface area (Å²) in [6.45, 7) is 4.85. The second kappa shape index (κ2) is 10.8. The maximum Gasteiger partial charge on any atom is 0.247 e. The molecule has 0 saturated carbocycles. The van der Waals surface area contributed by atoms with Crippen molar-refractivity contribution in [3.05, 3.63) is 84.3 Å². The lowest BCUT2D eigenvalue weighted by Gasteiger charge is -2.31. The van der Waals surface area contributed by atoms with Crippen LogP contribution in [0.3, 0.4) is 0 Å².